The van der Waals surface area contributed by atoms with Gasteiger partial charge >= 0.3 is 0 Å². The molecule has 0 bridgehead atoms. The van der Waals surface area contributed by atoms with E-state index in [0.29, 0.717) is 18.7 Å². The fraction of sp³-hybridized carbons (Fsp3) is 0.500. The number of hydrogen-bond donors (Lipinski definition) is 2. The van der Waals surface area contributed by atoms with Crippen LogP contribution < -0.4 is 14.8 Å². The highest BCUT2D eigenvalue weighted by molar-refractivity contribution is 5.32. The summed E-state index contributed by atoms with van der Waals surface area (Å²) in [4.78, 5) is 0. The number of nitrogens with one attached hydrogen (secondary N) is 1. The second-order valence-electron chi connectivity index (χ2n) is 4.57. The second kappa shape index (κ2) is 9.24. The minimum absolute atomic E-state index is 0.229. The number of benzene rings is 1. The van der Waals surface area contributed by atoms with Gasteiger partial charge in [-0.2, -0.15) is 0 Å². The lowest BCUT2D eigenvalue weighted by atomic mass is 10.1. The Bertz CT molecular complexity index is 428. The van der Waals surface area contributed by atoms with Crippen LogP contribution in [0.1, 0.15) is 19.8 Å². The van der Waals surface area contributed by atoms with Crippen LogP contribution in [-0.2, 0) is 0 Å². The van der Waals surface area contributed by atoms with Crippen molar-refractivity contribution >= 4 is 0 Å². The average molecular weight is 277 g/mol. The number of methoxy groups -OCH3 is 1. The van der Waals surface area contributed by atoms with Crippen LogP contribution in [0.2, 0.25) is 0 Å². The standard InChI is InChI=1S/C16H23NO3/c1-4-7-13(5-2)17-11-14(18)12-20-16-9-6-8-15(10-16)19-3/h1,6,8-10,13-14,17-18H,5,7,11-12H2,2-3H3. The van der Waals surface area contributed by atoms with Crippen LogP contribution in [0.4, 0.5) is 0 Å². The minimum atomic E-state index is -0.576. The summed E-state index contributed by atoms with van der Waals surface area (Å²) in [7, 11) is 1.61. The molecule has 4 nitrogen and oxygen atoms in total. The molecule has 0 amide bonds. The van der Waals surface area contributed by atoms with E-state index in [1.807, 2.05) is 18.2 Å². The van der Waals surface area contributed by atoms with Crippen LogP contribution in [0.3, 0.4) is 0 Å². The van der Waals surface area contributed by atoms with Crippen molar-refractivity contribution in [3.8, 4) is 23.8 Å². The zero-order chi connectivity index (χ0) is 14.8. The summed E-state index contributed by atoms with van der Waals surface area (Å²) in [6.07, 6.45) is 6.31. The van der Waals surface area contributed by atoms with E-state index in [2.05, 4.69) is 18.2 Å². The maximum atomic E-state index is 9.88. The third kappa shape index (κ3) is 5.96. The van der Waals surface area contributed by atoms with E-state index >= 15 is 0 Å². The molecule has 2 N–H and O–H groups in total. The maximum Gasteiger partial charge on any atom is 0.123 e. The van der Waals surface area contributed by atoms with Gasteiger partial charge in [-0.15, -0.1) is 12.3 Å². The lowest BCUT2D eigenvalue weighted by molar-refractivity contribution is 0.103. The molecule has 0 saturated carbocycles. The molecule has 0 heterocycles. The fourth-order valence-corrected chi connectivity index (χ4v) is 1.75. The molecular formula is C16H23NO3. The quantitative estimate of drug-likeness (QED) is 0.676. The minimum Gasteiger partial charge on any atom is -0.497 e. The summed E-state index contributed by atoms with van der Waals surface area (Å²) >= 11 is 0. The van der Waals surface area contributed by atoms with Crippen LogP contribution in [0.25, 0.3) is 0 Å². The molecule has 20 heavy (non-hydrogen) atoms. The predicted octanol–water partition coefficient (Wildman–Crippen LogP) is 1.83. The highest BCUT2D eigenvalue weighted by Crippen LogP contribution is 2.18. The first-order valence-corrected chi connectivity index (χ1v) is 6.81. The Hall–Kier alpha value is -1.70. The van der Waals surface area contributed by atoms with Gasteiger partial charge in [0.15, 0.2) is 0 Å². The summed E-state index contributed by atoms with van der Waals surface area (Å²) in [6, 6.07) is 7.55. The lowest BCUT2D eigenvalue weighted by Crippen LogP contribution is -2.37. The summed E-state index contributed by atoms with van der Waals surface area (Å²) in [5, 5.41) is 13.1. The fourth-order valence-electron chi connectivity index (χ4n) is 1.75. The van der Waals surface area contributed by atoms with E-state index < -0.39 is 6.10 Å². The van der Waals surface area contributed by atoms with Crippen molar-refractivity contribution in [1.82, 2.24) is 5.32 Å². The molecular weight excluding hydrogens is 254 g/mol. The molecule has 0 radical (unpaired) electrons. The first-order chi connectivity index (χ1) is 9.69. The summed E-state index contributed by atoms with van der Waals surface area (Å²) in [6.45, 7) is 2.75. The van der Waals surface area contributed by atoms with Crippen molar-refractivity contribution in [2.75, 3.05) is 20.3 Å². The highest BCUT2D eigenvalue weighted by atomic mass is 16.5. The van der Waals surface area contributed by atoms with Gasteiger partial charge in [-0.1, -0.05) is 13.0 Å². The summed E-state index contributed by atoms with van der Waals surface area (Å²) in [5.74, 6) is 4.04. The summed E-state index contributed by atoms with van der Waals surface area (Å²) in [5.41, 5.74) is 0. The van der Waals surface area contributed by atoms with Gasteiger partial charge in [0.2, 0.25) is 0 Å². The lowest BCUT2D eigenvalue weighted by Gasteiger charge is -2.18. The number of hydrogen-bond acceptors (Lipinski definition) is 4. The van der Waals surface area contributed by atoms with E-state index in [9.17, 15) is 5.11 Å². The van der Waals surface area contributed by atoms with Crippen LogP contribution in [0.5, 0.6) is 11.5 Å². The average Bonchev–Trinajstić information content (AvgIpc) is 2.49. The molecule has 0 aromatic heterocycles. The third-order valence-corrected chi connectivity index (χ3v) is 2.98. The SMILES string of the molecule is C#CCC(CC)NCC(O)COc1cccc(OC)c1. The molecule has 110 valence electrons. The predicted molar refractivity (Wildman–Crippen MR) is 80.0 cm³/mol. The molecule has 0 aliphatic rings. The van der Waals surface area contributed by atoms with E-state index in [4.69, 9.17) is 15.9 Å². The number of rotatable bonds is 9. The van der Waals surface area contributed by atoms with E-state index in [0.717, 1.165) is 12.2 Å². The Labute approximate surface area is 121 Å². The van der Waals surface area contributed by atoms with Crippen molar-refractivity contribution in [2.45, 2.75) is 31.9 Å². The van der Waals surface area contributed by atoms with Crippen molar-refractivity contribution < 1.29 is 14.6 Å². The molecule has 1 aromatic carbocycles. The normalized spacial score (nSPS) is 13.3. The Kier molecular flexibility index (Phi) is 7.56. The Morgan fingerprint density at radius 3 is 2.80 bits per heavy atom. The number of terminal acetylenes is 1. The molecule has 4 heteroatoms. The Morgan fingerprint density at radius 1 is 1.40 bits per heavy atom. The van der Waals surface area contributed by atoms with Crippen LogP contribution >= 0.6 is 0 Å². The van der Waals surface area contributed by atoms with E-state index in [1.165, 1.54) is 0 Å². The van der Waals surface area contributed by atoms with Crippen molar-refractivity contribution in [1.29, 1.82) is 0 Å². The van der Waals surface area contributed by atoms with Gasteiger partial charge in [-0.05, 0) is 18.6 Å². The van der Waals surface area contributed by atoms with E-state index in [1.54, 1.807) is 13.2 Å². The largest absolute Gasteiger partial charge is 0.497 e. The van der Waals surface area contributed by atoms with Gasteiger partial charge in [0.25, 0.3) is 0 Å². The second-order valence-corrected chi connectivity index (χ2v) is 4.57. The third-order valence-electron chi connectivity index (χ3n) is 2.98. The van der Waals surface area contributed by atoms with E-state index in [-0.39, 0.29) is 12.6 Å². The maximum absolute atomic E-state index is 9.88. The molecule has 2 atom stereocenters. The van der Waals surface area contributed by atoms with Gasteiger partial charge in [0.05, 0.1) is 7.11 Å². The highest BCUT2D eigenvalue weighted by Gasteiger charge is 2.09. The van der Waals surface area contributed by atoms with Crippen LogP contribution in [-0.4, -0.2) is 37.5 Å². The first-order valence-electron chi connectivity index (χ1n) is 6.81. The molecule has 0 spiro atoms. The molecule has 1 rings (SSSR count). The van der Waals surface area contributed by atoms with Crippen LogP contribution in [0, 0.1) is 12.3 Å². The van der Waals surface area contributed by atoms with Gasteiger partial charge in [0, 0.05) is 25.1 Å². The number of ether oxygens (including phenoxy) is 2. The molecule has 2 unspecified atom stereocenters. The Morgan fingerprint density at radius 2 is 2.15 bits per heavy atom. The van der Waals surface area contributed by atoms with Crippen molar-refractivity contribution in [3.63, 3.8) is 0 Å². The van der Waals surface area contributed by atoms with Crippen molar-refractivity contribution in [2.24, 2.45) is 0 Å². The molecule has 0 fully saturated rings. The number of aliphatic hydroxyl groups is 1. The Balaban J connectivity index is 2.32. The molecule has 0 aliphatic carbocycles. The molecule has 0 saturated heterocycles. The smallest absolute Gasteiger partial charge is 0.123 e. The van der Waals surface area contributed by atoms with Gasteiger partial charge in [-0.25, -0.2) is 0 Å². The van der Waals surface area contributed by atoms with Crippen LogP contribution in [0.15, 0.2) is 24.3 Å². The monoisotopic (exact) mass is 277 g/mol. The molecule has 0 aliphatic heterocycles. The van der Waals surface area contributed by atoms with Gasteiger partial charge in [0.1, 0.15) is 24.2 Å². The first kappa shape index (κ1) is 16.4. The van der Waals surface area contributed by atoms with Gasteiger partial charge in [-0.3, -0.25) is 0 Å². The topological polar surface area (TPSA) is 50.7 Å². The molecule has 1 aromatic rings. The zero-order valence-electron chi connectivity index (χ0n) is 12.1. The number of aliphatic hydroxyl groups excluding tert-OH is 1. The van der Waals surface area contributed by atoms with Crippen molar-refractivity contribution in [3.05, 3.63) is 24.3 Å². The van der Waals surface area contributed by atoms with Gasteiger partial charge < -0.3 is 19.9 Å². The zero-order valence-corrected chi connectivity index (χ0v) is 12.1. The summed E-state index contributed by atoms with van der Waals surface area (Å²) < 4.78 is 10.6.